The highest BCUT2D eigenvalue weighted by molar-refractivity contribution is 5.95. The molecule has 102 valence electrons. The van der Waals surface area contributed by atoms with E-state index in [9.17, 15) is 10.1 Å². The van der Waals surface area contributed by atoms with Gasteiger partial charge in [-0.2, -0.15) is 10.4 Å². The lowest BCUT2D eigenvalue weighted by Gasteiger charge is -2.34. The fourth-order valence-corrected chi connectivity index (χ4v) is 2.63. The smallest absolute Gasteiger partial charge is 0.255 e. The van der Waals surface area contributed by atoms with E-state index in [-0.39, 0.29) is 5.91 Å². The maximum absolute atomic E-state index is 12.3. The van der Waals surface area contributed by atoms with Crippen molar-refractivity contribution in [3.8, 4) is 6.07 Å². The van der Waals surface area contributed by atoms with Crippen LogP contribution in [0, 0.1) is 24.2 Å². The molecule has 0 atom stereocenters. The number of aromatic nitrogens is 2. The number of hydrogen-bond donors (Lipinski definition) is 1. The molecule has 0 bridgehead atoms. The molecule has 0 aliphatic heterocycles. The molecule has 0 saturated heterocycles. The second kappa shape index (κ2) is 5.04. The average Bonchev–Trinajstić information content (AvgIpc) is 2.72. The van der Waals surface area contributed by atoms with Crippen LogP contribution in [-0.4, -0.2) is 21.2 Å². The quantitative estimate of drug-likeness (QED) is 0.883. The molecule has 1 saturated carbocycles. The number of rotatable bonds is 2. The molecule has 1 amide bonds. The van der Waals surface area contributed by atoms with E-state index in [1.165, 1.54) is 0 Å². The van der Waals surface area contributed by atoms with Crippen LogP contribution in [0.15, 0.2) is 6.20 Å². The molecule has 0 radical (unpaired) electrons. The molecule has 1 aliphatic rings. The summed E-state index contributed by atoms with van der Waals surface area (Å²) in [6.45, 7) is 3.99. The summed E-state index contributed by atoms with van der Waals surface area (Å²) >= 11 is 0. The van der Waals surface area contributed by atoms with Gasteiger partial charge in [-0.15, -0.1) is 0 Å². The Morgan fingerprint density at radius 1 is 1.58 bits per heavy atom. The molecular formula is C14H20N4O. The Morgan fingerprint density at radius 2 is 2.21 bits per heavy atom. The Bertz CT molecular complexity index is 518. The molecule has 1 fully saturated rings. The summed E-state index contributed by atoms with van der Waals surface area (Å²) < 4.78 is 1.62. The van der Waals surface area contributed by atoms with E-state index >= 15 is 0 Å². The Balaban J connectivity index is 2.13. The SMILES string of the molecule is Cc1nn(C)cc1C(=O)NC1(C#N)CCC(C)CC1. The predicted octanol–water partition coefficient (Wildman–Crippen LogP) is 1.93. The van der Waals surface area contributed by atoms with E-state index in [1.54, 1.807) is 24.9 Å². The number of nitrogens with one attached hydrogen (secondary N) is 1. The molecule has 1 aromatic rings. The van der Waals surface area contributed by atoms with Crippen molar-refractivity contribution in [1.82, 2.24) is 15.1 Å². The third kappa shape index (κ3) is 2.78. The predicted molar refractivity (Wildman–Crippen MR) is 71.4 cm³/mol. The van der Waals surface area contributed by atoms with Crippen molar-refractivity contribution >= 4 is 5.91 Å². The van der Waals surface area contributed by atoms with Gasteiger partial charge in [-0.1, -0.05) is 6.92 Å². The second-order valence-corrected chi connectivity index (χ2v) is 5.63. The first kappa shape index (κ1) is 13.6. The van der Waals surface area contributed by atoms with Gasteiger partial charge in [0.05, 0.1) is 17.3 Å². The van der Waals surface area contributed by atoms with Gasteiger partial charge in [0, 0.05) is 13.2 Å². The van der Waals surface area contributed by atoms with Crippen molar-refractivity contribution in [2.75, 3.05) is 0 Å². The number of carbonyl (C=O) groups is 1. The van der Waals surface area contributed by atoms with Gasteiger partial charge in [-0.3, -0.25) is 9.48 Å². The summed E-state index contributed by atoms with van der Waals surface area (Å²) in [4.78, 5) is 12.3. The van der Waals surface area contributed by atoms with E-state index in [0.29, 0.717) is 17.2 Å². The van der Waals surface area contributed by atoms with Crippen LogP contribution in [0.2, 0.25) is 0 Å². The minimum Gasteiger partial charge on any atom is -0.334 e. The number of hydrogen-bond acceptors (Lipinski definition) is 3. The third-order valence-electron chi connectivity index (χ3n) is 3.95. The van der Waals surface area contributed by atoms with Gasteiger partial charge >= 0.3 is 0 Å². The normalized spacial score (nSPS) is 26.7. The second-order valence-electron chi connectivity index (χ2n) is 5.63. The number of nitrogens with zero attached hydrogens (tertiary/aromatic N) is 3. The van der Waals surface area contributed by atoms with Crippen molar-refractivity contribution in [1.29, 1.82) is 5.26 Å². The van der Waals surface area contributed by atoms with E-state index in [2.05, 4.69) is 23.4 Å². The van der Waals surface area contributed by atoms with E-state index in [1.807, 2.05) is 0 Å². The van der Waals surface area contributed by atoms with Crippen LogP contribution in [0.3, 0.4) is 0 Å². The van der Waals surface area contributed by atoms with E-state index in [0.717, 1.165) is 25.7 Å². The minimum atomic E-state index is -0.703. The minimum absolute atomic E-state index is 0.193. The first-order valence-corrected chi connectivity index (χ1v) is 6.70. The summed E-state index contributed by atoms with van der Waals surface area (Å²) in [5.74, 6) is 0.445. The average molecular weight is 260 g/mol. The molecule has 1 N–H and O–H groups in total. The summed E-state index contributed by atoms with van der Waals surface area (Å²) in [6, 6.07) is 2.31. The molecule has 1 aliphatic carbocycles. The van der Waals surface area contributed by atoms with Crippen molar-refractivity contribution in [2.45, 2.75) is 45.1 Å². The van der Waals surface area contributed by atoms with Gasteiger partial charge in [-0.25, -0.2) is 0 Å². The Kier molecular flexibility index (Phi) is 3.61. The zero-order valence-electron chi connectivity index (χ0n) is 11.7. The number of carbonyl (C=O) groups excluding carboxylic acids is 1. The third-order valence-corrected chi connectivity index (χ3v) is 3.95. The molecule has 0 unspecified atom stereocenters. The Morgan fingerprint density at radius 3 is 2.68 bits per heavy atom. The first-order valence-electron chi connectivity index (χ1n) is 6.70. The Labute approximate surface area is 113 Å². The number of nitriles is 1. The Hall–Kier alpha value is -1.83. The van der Waals surface area contributed by atoms with Crippen molar-refractivity contribution in [2.24, 2.45) is 13.0 Å². The van der Waals surface area contributed by atoms with Crippen molar-refractivity contribution < 1.29 is 4.79 Å². The lowest BCUT2D eigenvalue weighted by molar-refractivity contribution is 0.0893. The molecule has 1 aromatic heterocycles. The van der Waals surface area contributed by atoms with Crippen molar-refractivity contribution in [3.63, 3.8) is 0 Å². The molecule has 5 heteroatoms. The standard InChI is InChI=1S/C14H20N4O/c1-10-4-6-14(9-15,7-5-10)16-13(19)12-8-18(3)17-11(12)2/h8,10H,4-7H2,1-3H3,(H,16,19). The molecule has 1 heterocycles. The highest BCUT2D eigenvalue weighted by atomic mass is 16.1. The molecular weight excluding hydrogens is 240 g/mol. The van der Waals surface area contributed by atoms with Crippen molar-refractivity contribution in [3.05, 3.63) is 17.5 Å². The molecule has 0 spiro atoms. The highest BCUT2D eigenvalue weighted by Crippen LogP contribution is 2.31. The van der Waals surface area contributed by atoms with Gasteiger partial charge < -0.3 is 5.32 Å². The summed E-state index contributed by atoms with van der Waals surface area (Å²) in [7, 11) is 1.78. The summed E-state index contributed by atoms with van der Waals surface area (Å²) in [5.41, 5.74) is 0.541. The molecule has 0 aromatic carbocycles. The first-order chi connectivity index (χ1) is 8.96. The van der Waals surface area contributed by atoms with Gasteiger partial charge in [0.25, 0.3) is 5.91 Å². The molecule has 19 heavy (non-hydrogen) atoms. The maximum Gasteiger partial charge on any atom is 0.255 e. The van der Waals surface area contributed by atoms with Gasteiger partial charge in [-0.05, 0) is 38.5 Å². The number of amides is 1. The molecule has 2 rings (SSSR count). The van der Waals surface area contributed by atoms with Crippen LogP contribution in [-0.2, 0) is 7.05 Å². The zero-order valence-corrected chi connectivity index (χ0v) is 11.7. The van der Waals surface area contributed by atoms with Crippen LogP contribution in [0.5, 0.6) is 0 Å². The van der Waals surface area contributed by atoms with Crippen LogP contribution < -0.4 is 5.32 Å². The number of aryl methyl sites for hydroxylation is 2. The van der Waals surface area contributed by atoms with Crippen LogP contribution >= 0.6 is 0 Å². The zero-order chi connectivity index (χ0) is 14.0. The summed E-state index contributed by atoms with van der Waals surface area (Å²) in [6.07, 6.45) is 5.13. The van der Waals surface area contributed by atoms with Gasteiger partial charge in [0.2, 0.25) is 0 Å². The lowest BCUT2D eigenvalue weighted by Crippen LogP contribution is -2.49. The van der Waals surface area contributed by atoms with Crippen LogP contribution in [0.1, 0.15) is 48.7 Å². The lowest BCUT2D eigenvalue weighted by atomic mass is 9.78. The van der Waals surface area contributed by atoms with Crippen LogP contribution in [0.25, 0.3) is 0 Å². The van der Waals surface area contributed by atoms with E-state index < -0.39 is 5.54 Å². The maximum atomic E-state index is 12.3. The fraction of sp³-hybridized carbons (Fsp3) is 0.643. The van der Waals surface area contributed by atoms with E-state index in [4.69, 9.17) is 0 Å². The van der Waals surface area contributed by atoms with Gasteiger partial charge in [0.15, 0.2) is 0 Å². The topological polar surface area (TPSA) is 70.7 Å². The van der Waals surface area contributed by atoms with Gasteiger partial charge in [0.1, 0.15) is 5.54 Å². The highest BCUT2D eigenvalue weighted by Gasteiger charge is 2.36. The fourth-order valence-electron chi connectivity index (χ4n) is 2.63. The monoisotopic (exact) mass is 260 g/mol. The van der Waals surface area contributed by atoms with Crippen LogP contribution in [0.4, 0.5) is 0 Å². The molecule has 5 nitrogen and oxygen atoms in total. The summed E-state index contributed by atoms with van der Waals surface area (Å²) in [5, 5.41) is 16.5. The largest absolute Gasteiger partial charge is 0.334 e.